The molecule has 0 aromatic heterocycles. The molecule has 0 saturated carbocycles. The van der Waals surface area contributed by atoms with E-state index in [1.165, 1.54) is 0 Å². The molecule has 1 amide bonds. The molecule has 1 aliphatic rings. The van der Waals surface area contributed by atoms with Crippen LogP contribution in [0.4, 0.5) is 0 Å². The maximum absolute atomic E-state index is 12.4. The second-order valence-corrected chi connectivity index (χ2v) is 7.64. The topological polar surface area (TPSA) is 63.7 Å². The first kappa shape index (κ1) is 20.5. The molecule has 0 N–H and O–H groups in total. The minimum atomic E-state index is -0.538. The molecule has 3 aromatic carbocycles. The van der Waals surface area contributed by atoms with Gasteiger partial charge >= 0.3 is 5.97 Å². The summed E-state index contributed by atoms with van der Waals surface area (Å²) in [5.41, 5.74) is 3.58. The van der Waals surface area contributed by atoms with Crippen LogP contribution >= 0.6 is 0 Å². The molecule has 1 saturated heterocycles. The van der Waals surface area contributed by atoms with Gasteiger partial charge in [0.2, 0.25) is 5.91 Å². The van der Waals surface area contributed by atoms with E-state index < -0.39 is 11.9 Å². The first-order valence-electron chi connectivity index (χ1n) is 10.3. The van der Waals surface area contributed by atoms with Crippen molar-refractivity contribution in [3.05, 3.63) is 96.1 Å². The van der Waals surface area contributed by atoms with Gasteiger partial charge in [-0.05, 0) is 16.7 Å². The Labute approximate surface area is 181 Å². The number of nitrogens with zero attached hydrogens (tertiary/aromatic N) is 1. The van der Waals surface area contributed by atoms with Crippen LogP contribution in [0.1, 0.15) is 22.3 Å². The number of carbonyl (C=O) groups is 3. The van der Waals surface area contributed by atoms with E-state index in [4.69, 9.17) is 4.74 Å². The molecule has 1 fully saturated rings. The number of benzene rings is 3. The third-order valence-corrected chi connectivity index (χ3v) is 5.42. The van der Waals surface area contributed by atoms with Crippen molar-refractivity contribution in [2.75, 3.05) is 13.2 Å². The van der Waals surface area contributed by atoms with E-state index in [0.29, 0.717) is 18.7 Å². The monoisotopic (exact) mass is 413 g/mol. The lowest BCUT2D eigenvalue weighted by Crippen LogP contribution is -2.27. The van der Waals surface area contributed by atoms with Gasteiger partial charge in [-0.25, -0.2) is 0 Å². The molecule has 31 heavy (non-hydrogen) atoms. The van der Waals surface area contributed by atoms with E-state index in [9.17, 15) is 14.4 Å². The van der Waals surface area contributed by atoms with Crippen molar-refractivity contribution in [3.8, 4) is 11.1 Å². The summed E-state index contributed by atoms with van der Waals surface area (Å²) in [6.07, 6.45) is 0.117. The molecule has 1 aliphatic heterocycles. The van der Waals surface area contributed by atoms with Gasteiger partial charge in [-0.1, -0.05) is 84.9 Å². The predicted octanol–water partition coefficient (Wildman–Crippen LogP) is 4.13. The second kappa shape index (κ2) is 9.39. The molecule has 5 heteroatoms. The van der Waals surface area contributed by atoms with Gasteiger partial charge < -0.3 is 9.64 Å². The zero-order valence-electron chi connectivity index (χ0n) is 17.1. The van der Waals surface area contributed by atoms with Gasteiger partial charge in [-0.15, -0.1) is 0 Å². The number of ketones is 1. The Morgan fingerprint density at radius 3 is 2.13 bits per heavy atom. The Hall–Kier alpha value is -3.73. The molecule has 1 atom stereocenters. The Morgan fingerprint density at radius 1 is 0.839 bits per heavy atom. The highest BCUT2D eigenvalue weighted by molar-refractivity contribution is 5.98. The van der Waals surface area contributed by atoms with Crippen molar-refractivity contribution in [2.45, 2.75) is 13.0 Å². The first-order chi connectivity index (χ1) is 15.1. The average Bonchev–Trinajstić information content (AvgIpc) is 3.19. The zero-order chi connectivity index (χ0) is 21.6. The summed E-state index contributed by atoms with van der Waals surface area (Å²) in [7, 11) is 0. The summed E-state index contributed by atoms with van der Waals surface area (Å²) in [6.45, 7) is 0.454. The Balaban J connectivity index is 1.29. The van der Waals surface area contributed by atoms with Crippen molar-refractivity contribution in [1.82, 2.24) is 4.90 Å². The smallest absolute Gasteiger partial charge is 0.311 e. The number of amides is 1. The maximum Gasteiger partial charge on any atom is 0.311 e. The Bertz CT molecular complexity index is 1060. The number of hydrogen-bond acceptors (Lipinski definition) is 4. The van der Waals surface area contributed by atoms with Gasteiger partial charge in [0.25, 0.3) is 0 Å². The van der Waals surface area contributed by atoms with Crippen molar-refractivity contribution >= 4 is 17.7 Å². The second-order valence-electron chi connectivity index (χ2n) is 7.64. The van der Waals surface area contributed by atoms with E-state index in [1.54, 1.807) is 17.0 Å². The fraction of sp³-hybridized carbons (Fsp3) is 0.192. The van der Waals surface area contributed by atoms with Gasteiger partial charge in [0.05, 0.1) is 5.92 Å². The molecule has 4 rings (SSSR count). The molecule has 0 aliphatic carbocycles. The van der Waals surface area contributed by atoms with E-state index in [2.05, 4.69) is 0 Å². The fourth-order valence-electron chi connectivity index (χ4n) is 3.70. The highest BCUT2D eigenvalue weighted by atomic mass is 16.5. The van der Waals surface area contributed by atoms with E-state index in [-0.39, 0.29) is 24.7 Å². The lowest BCUT2D eigenvalue weighted by atomic mass is 10.0. The van der Waals surface area contributed by atoms with Crippen LogP contribution in [0, 0.1) is 5.92 Å². The molecule has 0 bridgehead atoms. The molecule has 156 valence electrons. The van der Waals surface area contributed by atoms with Gasteiger partial charge in [-0.3, -0.25) is 14.4 Å². The number of ether oxygens (including phenoxy) is 1. The minimum Gasteiger partial charge on any atom is -0.457 e. The van der Waals surface area contributed by atoms with Gasteiger partial charge in [0.15, 0.2) is 12.4 Å². The van der Waals surface area contributed by atoms with Gasteiger partial charge in [0, 0.05) is 25.1 Å². The van der Waals surface area contributed by atoms with Crippen molar-refractivity contribution in [1.29, 1.82) is 0 Å². The highest BCUT2D eigenvalue weighted by Gasteiger charge is 2.35. The number of carbonyl (C=O) groups excluding carboxylic acids is 3. The summed E-state index contributed by atoms with van der Waals surface area (Å²) in [5, 5.41) is 0. The molecular weight excluding hydrogens is 390 g/mol. The maximum atomic E-state index is 12.4. The summed E-state index contributed by atoms with van der Waals surface area (Å²) < 4.78 is 5.24. The van der Waals surface area contributed by atoms with Crippen molar-refractivity contribution in [3.63, 3.8) is 0 Å². The van der Waals surface area contributed by atoms with Crippen LogP contribution in [-0.2, 0) is 20.9 Å². The average molecular weight is 413 g/mol. The largest absolute Gasteiger partial charge is 0.457 e. The van der Waals surface area contributed by atoms with Crippen LogP contribution in [0.5, 0.6) is 0 Å². The zero-order valence-corrected chi connectivity index (χ0v) is 17.1. The number of esters is 1. The highest BCUT2D eigenvalue weighted by Crippen LogP contribution is 2.22. The Kier molecular flexibility index (Phi) is 6.22. The van der Waals surface area contributed by atoms with Crippen LogP contribution in [0.25, 0.3) is 11.1 Å². The molecular formula is C26H23NO4. The third-order valence-electron chi connectivity index (χ3n) is 5.42. The van der Waals surface area contributed by atoms with Crippen LogP contribution in [0.3, 0.4) is 0 Å². The lowest BCUT2D eigenvalue weighted by Gasteiger charge is -2.16. The molecule has 0 radical (unpaired) electrons. The third kappa shape index (κ3) is 5.07. The van der Waals surface area contributed by atoms with Gasteiger partial charge in [-0.2, -0.15) is 0 Å². The number of rotatable bonds is 7. The van der Waals surface area contributed by atoms with Gasteiger partial charge in [0.1, 0.15) is 0 Å². The normalized spacial score (nSPS) is 15.7. The van der Waals surface area contributed by atoms with Crippen molar-refractivity contribution in [2.24, 2.45) is 5.92 Å². The minimum absolute atomic E-state index is 0.0753. The summed E-state index contributed by atoms with van der Waals surface area (Å²) in [5.74, 6) is -1.38. The fourth-order valence-corrected chi connectivity index (χ4v) is 3.70. The molecule has 5 nitrogen and oxygen atoms in total. The number of hydrogen-bond donors (Lipinski definition) is 0. The summed E-state index contributed by atoms with van der Waals surface area (Å²) >= 11 is 0. The van der Waals surface area contributed by atoms with E-state index in [0.717, 1.165) is 16.7 Å². The first-order valence-corrected chi connectivity index (χ1v) is 10.3. The molecule has 0 spiro atoms. The predicted molar refractivity (Wildman–Crippen MR) is 117 cm³/mol. The van der Waals surface area contributed by atoms with E-state index >= 15 is 0 Å². The van der Waals surface area contributed by atoms with E-state index in [1.807, 2.05) is 72.8 Å². The van der Waals surface area contributed by atoms with Crippen LogP contribution in [0.15, 0.2) is 84.9 Å². The van der Waals surface area contributed by atoms with Crippen LogP contribution in [0.2, 0.25) is 0 Å². The standard InChI is InChI=1S/C26H23NO4/c28-24(22-13-11-21(12-14-22)20-9-5-2-6-10-20)18-31-26(30)23-15-25(29)27(17-23)16-19-7-3-1-4-8-19/h1-14,23H,15-18H2. The summed E-state index contributed by atoms with van der Waals surface area (Å²) in [4.78, 5) is 38.7. The number of likely N-dealkylation sites (tertiary alicyclic amines) is 1. The quantitative estimate of drug-likeness (QED) is 0.432. The molecule has 1 unspecified atom stereocenters. The Morgan fingerprint density at radius 2 is 1.45 bits per heavy atom. The SMILES string of the molecule is O=C(COC(=O)C1CC(=O)N(Cc2ccccc2)C1)c1ccc(-c2ccccc2)cc1. The lowest BCUT2D eigenvalue weighted by molar-refractivity contribution is -0.147. The van der Waals surface area contributed by atoms with Crippen molar-refractivity contribution < 1.29 is 19.1 Å². The molecule has 3 aromatic rings. The summed E-state index contributed by atoms with van der Waals surface area (Å²) in [6, 6.07) is 26.7. The number of Topliss-reactive ketones (excluding diaryl/α,β-unsaturated/α-hetero) is 1. The van der Waals surface area contributed by atoms with Crippen LogP contribution in [-0.4, -0.2) is 35.7 Å². The molecule has 1 heterocycles. The van der Waals surface area contributed by atoms with Crippen LogP contribution < -0.4 is 0 Å².